The molecule has 64 valence electrons. The number of anilines is 2. The van der Waals surface area contributed by atoms with Crippen LogP contribution in [0.15, 0.2) is 6.58 Å². The second-order valence-corrected chi connectivity index (χ2v) is 2.11. The Morgan fingerprint density at radius 2 is 1.58 bits per heavy atom. The molecule has 0 saturated carbocycles. The zero-order valence-electron chi connectivity index (χ0n) is 5.88. The van der Waals surface area contributed by atoms with Crippen molar-refractivity contribution < 1.29 is 0 Å². The number of nitrogens with one attached hydrogen (secondary N) is 2. The van der Waals surface area contributed by atoms with Crippen molar-refractivity contribution >= 4 is 41.5 Å². The molecule has 5 nitrogen and oxygen atoms in total. The maximum Gasteiger partial charge on any atom is 0.242 e. The highest BCUT2D eigenvalue weighted by molar-refractivity contribution is 6.24. The van der Waals surface area contributed by atoms with E-state index in [1.54, 1.807) is 0 Å². The lowest BCUT2D eigenvalue weighted by Crippen LogP contribution is -2.00. The summed E-state index contributed by atoms with van der Waals surface area (Å²) in [4.78, 5) is 15.9. The number of nitrogens with zero attached hydrogens (tertiary/aromatic N) is 3. The summed E-state index contributed by atoms with van der Waals surface area (Å²) in [6, 6.07) is 0. The Balaban J connectivity index is 3.09. The van der Waals surface area contributed by atoms with Gasteiger partial charge in [0.2, 0.25) is 11.9 Å². The van der Waals surface area contributed by atoms with Gasteiger partial charge in [-0.25, -0.2) is 0 Å². The predicted molar refractivity (Wildman–Crippen MR) is 48.9 cm³/mol. The van der Waals surface area contributed by atoms with Gasteiger partial charge in [0.15, 0.2) is 5.82 Å². The molecular formula is C5H5Cl2N5. The van der Waals surface area contributed by atoms with E-state index in [1.807, 2.05) is 0 Å². The molecule has 0 aromatic carbocycles. The van der Waals surface area contributed by atoms with Crippen molar-refractivity contribution in [2.24, 2.45) is 0 Å². The van der Waals surface area contributed by atoms with E-state index < -0.39 is 0 Å². The van der Waals surface area contributed by atoms with Crippen LogP contribution in [0.25, 0.3) is 6.08 Å². The summed E-state index contributed by atoms with van der Waals surface area (Å²) < 4.78 is 0. The highest BCUT2D eigenvalue weighted by Crippen LogP contribution is 2.07. The molecular weight excluding hydrogens is 201 g/mol. The third-order valence-electron chi connectivity index (χ3n) is 1.00. The Hall–Kier alpha value is -1.07. The van der Waals surface area contributed by atoms with Gasteiger partial charge in [-0.15, -0.1) is 0 Å². The van der Waals surface area contributed by atoms with Crippen LogP contribution in [0.5, 0.6) is 0 Å². The molecule has 1 heterocycles. The van der Waals surface area contributed by atoms with E-state index in [0.29, 0.717) is 5.82 Å². The third-order valence-corrected chi connectivity index (χ3v) is 1.34. The number of hydrogen-bond acceptors (Lipinski definition) is 5. The molecule has 7 heteroatoms. The molecule has 2 N–H and O–H groups in total. The summed E-state index contributed by atoms with van der Waals surface area (Å²) in [5, 5.41) is 0. The van der Waals surface area contributed by atoms with Gasteiger partial charge in [-0.2, -0.15) is 15.0 Å². The van der Waals surface area contributed by atoms with Crippen LogP contribution in [0, 0.1) is 0 Å². The Kier molecular flexibility index (Phi) is 3.07. The summed E-state index contributed by atoms with van der Waals surface area (Å²) in [6.45, 7) is 3.49. The van der Waals surface area contributed by atoms with Crippen LogP contribution in [0.2, 0.25) is 0 Å². The van der Waals surface area contributed by atoms with Crippen LogP contribution < -0.4 is 9.67 Å². The van der Waals surface area contributed by atoms with Crippen molar-refractivity contribution in [3.05, 3.63) is 12.4 Å². The van der Waals surface area contributed by atoms with Gasteiger partial charge < -0.3 is 0 Å². The number of halogens is 2. The third kappa shape index (κ3) is 1.96. The van der Waals surface area contributed by atoms with Gasteiger partial charge in [-0.1, -0.05) is 6.58 Å². The molecule has 0 atom stereocenters. The van der Waals surface area contributed by atoms with Gasteiger partial charge in [0.1, 0.15) is 0 Å². The second-order valence-electron chi connectivity index (χ2n) is 1.73. The first-order valence-electron chi connectivity index (χ1n) is 2.92. The van der Waals surface area contributed by atoms with Crippen LogP contribution >= 0.6 is 23.6 Å². The Labute approximate surface area is 79.1 Å². The van der Waals surface area contributed by atoms with Gasteiger partial charge in [-0.3, -0.25) is 9.67 Å². The minimum absolute atomic E-state index is 0.213. The van der Waals surface area contributed by atoms with Gasteiger partial charge in [0.25, 0.3) is 0 Å². The van der Waals surface area contributed by atoms with Gasteiger partial charge >= 0.3 is 0 Å². The molecule has 0 radical (unpaired) electrons. The zero-order valence-corrected chi connectivity index (χ0v) is 7.39. The van der Waals surface area contributed by atoms with E-state index in [-0.39, 0.29) is 11.9 Å². The summed E-state index contributed by atoms with van der Waals surface area (Å²) in [7, 11) is 0. The molecule has 0 unspecified atom stereocenters. The van der Waals surface area contributed by atoms with Crippen LogP contribution in [0.3, 0.4) is 0 Å². The number of rotatable bonds is 3. The summed E-state index contributed by atoms with van der Waals surface area (Å²) in [5.74, 6) is 0.811. The highest BCUT2D eigenvalue weighted by Gasteiger charge is 2.01. The van der Waals surface area contributed by atoms with Crippen LogP contribution in [-0.2, 0) is 0 Å². The molecule has 0 aliphatic rings. The molecule has 1 aromatic heterocycles. The standard InChI is InChI=1S/C5H5Cl2N5/c1-2-3-8-4(11-6)10-5(9-3)12-7/h2H,1H2,(H2,8,9,10,11,12). The molecule has 1 rings (SSSR count). The largest absolute Gasteiger partial charge is 0.266 e. The molecule has 0 fully saturated rings. The molecule has 12 heavy (non-hydrogen) atoms. The fraction of sp³-hybridized carbons (Fsp3) is 0. The lowest BCUT2D eigenvalue weighted by molar-refractivity contribution is 1.06. The topological polar surface area (TPSA) is 62.7 Å². The van der Waals surface area contributed by atoms with Crippen LogP contribution in [0.4, 0.5) is 11.9 Å². The highest BCUT2D eigenvalue weighted by atomic mass is 35.5. The second kappa shape index (κ2) is 4.08. The van der Waals surface area contributed by atoms with Gasteiger partial charge in [-0.05, 0) is 6.08 Å². The van der Waals surface area contributed by atoms with E-state index in [9.17, 15) is 0 Å². The lowest BCUT2D eigenvalue weighted by atomic mass is 10.6. The van der Waals surface area contributed by atoms with E-state index in [4.69, 9.17) is 23.6 Å². The van der Waals surface area contributed by atoms with Crippen LogP contribution in [0.1, 0.15) is 5.82 Å². The van der Waals surface area contributed by atoms with Crippen molar-refractivity contribution in [3.8, 4) is 0 Å². The molecule has 0 saturated heterocycles. The van der Waals surface area contributed by atoms with E-state index in [1.165, 1.54) is 6.08 Å². The summed E-state index contributed by atoms with van der Waals surface area (Å²) in [5.41, 5.74) is 0. The molecule has 0 aliphatic carbocycles. The molecule has 0 amide bonds. The fourth-order valence-electron chi connectivity index (χ4n) is 0.568. The van der Waals surface area contributed by atoms with Gasteiger partial charge in [0.05, 0.1) is 0 Å². The summed E-state index contributed by atoms with van der Waals surface area (Å²) in [6.07, 6.45) is 1.46. The number of hydrogen-bond donors (Lipinski definition) is 2. The summed E-state index contributed by atoms with van der Waals surface area (Å²) >= 11 is 10.6. The molecule has 0 bridgehead atoms. The average molecular weight is 206 g/mol. The van der Waals surface area contributed by atoms with Crippen molar-refractivity contribution in [1.82, 2.24) is 15.0 Å². The average Bonchev–Trinajstić information content (AvgIpc) is 2.16. The van der Waals surface area contributed by atoms with E-state index in [0.717, 1.165) is 0 Å². The molecule has 0 aliphatic heterocycles. The SMILES string of the molecule is C=Cc1nc(NCl)nc(NCl)n1. The number of aromatic nitrogens is 3. The van der Waals surface area contributed by atoms with Crippen molar-refractivity contribution in [3.63, 3.8) is 0 Å². The Morgan fingerprint density at radius 3 is 1.92 bits per heavy atom. The smallest absolute Gasteiger partial charge is 0.242 e. The molecule has 0 spiro atoms. The van der Waals surface area contributed by atoms with Crippen molar-refractivity contribution in [2.45, 2.75) is 0 Å². The molecule has 1 aromatic rings. The maximum absolute atomic E-state index is 5.28. The van der Waals surface area contributed by atoms with Crippen LogP contribution in [-0.4, -0.2) is 15.0 Å². The Morgan fingerprint density at radius 1 is 1.08 bits per heavy atom. The first-order chi connectivity index (χ1) is 5.80. The van der Waals surface area contributed by atoms with E-state index >= 15 is 0 Å². The minimum atomic E-state index is 0.213. The Bertz CT molecular complexity index is 267. The quantitative estimate of drug-likeness (QED) is 0.736. The zero-order chi connectivity index (χ0) is 8.97. The first-order valence-corrected chi connectivity index (χ1v) is 3.67. The fourth-order valence-corrected chi connectivity index (χ4v) is 0.737. The monoisotopic (exact) mass is 205 g/mol. The minimum Gasteiger partial charge on any atom is -0.266 e. The predicted octanol–water partition coefficient (Wildman–Crippen LogP) is 1.65. The van der Waals surface area contributed by atoms with Crippen molar-refractivity contribution in [1.29, 1.82) is 0 Å². The first kappa shape index (κ1) is 9.02. The lowest BCUT2D eigenvalue weighted by Gasteiger charge is -2.00. The normalized spacial score (nSPS) is 9.17. The maximum atomic E-state index is 5.28. The van der Waals surface area contributed by atoms with Gasteiger partial charge in [0, 0.05) is 23.6 Å². The van der Waals surface area contributed by atoms with E-state index in [2.05, 4.69) is 31.2 Å². The van der Waals surface area contributed by atoms with Crippen molar-refractivity contribution in [2.75, 3.05) is 9.67 Å².